The van der Waals surface area contributed by atoms with Gasteiger partial charge in [0.1, 0.15) is 0 Å². The Balaban J connectivity index is 1.86. The SMILES string of the molecule is CC(C)C1=NOC(C)(C(=O)ON=C2CCC(C(C)(C)C)CC2)C1. The Morgan fingerprint density at radius 3 is 2.43 bits per heavy atom. The highest BCUT2D eigenvalue weighted by Crippen LogP contribution is 2.37. The number of carbonyl (C=O) groups excluding carboxylic acids is 1. The Hall–Kier alpha value is -1.39. The van der Waals surface area contributed by atoms with Gasteiger partial charge in [-0.3, -0.25) is 0 Å². The minimum atomic E-state index is -1.04. The topological polar surface area (TPSA) is 60.2 Å². The van der Waals surface area contributed by atoms with Gasteiger partial charge in [0, 0.05) is 6.42 Å². The minimum Gasteiger partial charge on any atom is -0.377 e. The van der Waals surface area contributed by atoms with Crippen molar-refractivity contribution in [1.82, 2.24) is 0 Å². The lowest BCUT2D eigenvalue weighted by atomic mass is 9.72. The van der Waals surface area contributed by atoms with E-state index >= 15 is 0 Å². The van der Waals surface area contributed by atoms with E-state index in [0.717, 1.165) is 37.1 Å². The Morgan fingerprint density at radius 1 is 1.35 bits per heavy atom. The van der Waals surface area contributed by atoms with Crippen molar-refractivity contribution in [2.24, 2.45) is 27.6 Å². The molecule has 1 aliphatic carbocycles. The zero-order valence-corrected chi connectivity index (χ0v) is 15.3. The van der Waals surface area contributed by atoms with Gasteiger partial charge < -0.3 is 9.68 Å². The highest BCUT2D eigenvalue weighted by atomic mass is 16.7. The molecule has 0 aromatic carbocycles. The van der Waals surface area contributed by atoms with Gasteiger partial charge in [-0.15, -0.1) is 0 Å². The Bertz CT molecular complexity index is 507. The number of hydrogen-bond donors (Lipinski definition) is 0. The van der Waals surface area contributed by atoms with Gasteiger partial charge in [0.25, 0.3) is 0 Å². The fourth-order valence-electron chi connectivity index (χ4n) is 3.10. The summed E-state index contributed by atoms with van der Waals surface area (Å²) in [6, 6.07) is 0. The average molecular weight is 322 g/mol. The molecule has 2 aliphatic rings. The number of hydrogen-bond acceptors (Lipinski definition) is 5. The smallest absolute Gasteiger partial charge is 0.377 e. The third-order valence-corrected chi connectivity index (χ3v) is 5.03. The van der Waals surface area contributed by atoms with E-state index in [1.807, 2.05) is 13.8 Å². The van der Waals surface area contributed by atoms with Crippen LogP contribution < -0.4 is 0 Å². The normalized spacial score (nSPS) is 28.4. The van der Waals surface area contributed by atoms with E-state index in [9.17, 15) is 4.79 Å². The highest BCUT2D eigenvalue weighted by Gasteiger charge is 2.44. The molecule has 1 atom stereocenters. The molecule has 1 saturated carbocycles. The molecule has 0 N–H and O–H groups in total. The van der Waals surface area contributed by atoms with Crippen LogP contribution in [-0.2, 0) is 14.5 Å². The first-order chi connectivity index (χ1) is 10.6. The van der Waals surface area contributed by atoms with Crippen molar-refractivity contribution in [2.45, 2.75) is 79.2 Å². The monoisotopic (exact) mass is 322 g/mol. The second-order valence-corrected chi connectivity index (χ2v) is 8.41. The molecule has 1 heterocycles. The summed E-state index contributed by atoms with van der Waals surface area (Å²) in [4.78, 5) is 22.8. The zero-order chi connectivity index (χ0) is 17.3. The number of oxime groups is 2. The maximum absolute atomic E-state index is 12.3. The summed E-state index contributed by atoms with van der Waals surface area (Å²) in [6.45, 7) is 12.6. The van der Waals surface area contributed by atoms with Crippen molar-refractivity contribution in [3.63, 3.8) is 0 Å². The fraction of sp³-hybridized carbons (Fsp3) is 0.833. The molecule has 23 heavy (non-hydrogen) atoms. The third kappa shape index (κ3) is 4.33. The van der Waals surface area contributed by atoms with Crippen LogP contribution in [0.2, 0.25) is 0 Å². The van der Waals surface area contributed by atoms with Crippen molar-refractivity contribution < 1.29 is 14.5 Å². The summed E-state index contributed by atoms with van der Waals surface area (Å²) in [5.41, 5.74) is 1.16. The van der Waals surface area contributed by atoms with Gasteiger partial charge in [-0.25, -0.2) is 4.79 Å². The molecule has 5 heteroatoms. The predicted molar refractivity (Wildman–Crippen MR) is 91.3 cm³/mol. The second kappa shape index (κ2) is 6.62. The maximum Gasteiger partial charge on any atom is 0.381 e. The quantitative estimate of drug-likeness (QED) is 0.574. The molecule has 0 radical (unpaired) electrons. The lowest BCUT2D eigenvalue weighted by Crippen LogP contribution is -2.37. The van der Waals surface area contributed by atoms with Crippen LogP contribution in [0.25, 0.3) is 0 Å². The molecular formula is C18H30N2O3. The Kier molecular flexibility index (Phi) is 5.17. The predicted octanol–water partition coefficient (Wildman–Crippen LogP) is 4.31. The molecular weight excluding hydrogens is 292 g/mol. The largest absolute Gasteiger partial charge is 0.381 e. The summed E-state index contributed by atoms with van der Waals surface area (Å²) in [6.07, 6.45) is 4.49. The first-order valence-electron chi connectivity index (χ1n) is 8.64. The van der Waals surface area contributed by atoms with E-state index in [2.05, 4.69) is 31.1 Å². The summed E-state index contributed by atoms with van der Waals surface area (Å²) in [5, 5.41) is 8.10. The first kappa shape index (κ1) is 18.0. The van der Waals surface area contributed by atoms with Gasteiger partial charge in [-0.1, -0.05) is 44.9 Å². The number of rotatable bonds is 3. The maximum atomic E-state index is 12.3. The van der Waals surface area contributed by atoms with Crippen LogP contribution in [0.1, 0.15) is 73.6 Å². The van der Waals surface area contributed by atoms with E-state index in [0.29, 0.717) is 17.8 Å². The van der Waals surface area contributed by atoms with Crippen molar-refractivity contribution in [3.8, 4) is 0 Å². The van der Waals surface area contributed by atoms with Crippen LogP contribution in [0.4, 0.5) is 0 Å². The summed E-state index contributed by atoms with van der Waals surface area (Å²) < 4.78 is 0. The van der Waals surface area contributed by atoms with Crippen LogP contribution in [0.5, 0.6) is 0 Å². The molecule has 2 rings (SSSR count). The van der Waals surface area contributed by atoms with Crippen molar-refractivity contribution in [1.29, 1.82) is 0 Å². The van der Waals surface area contributed by atoms with E-state index in [1.165, 1.54) is 0 Å². The highest BCUT2D eigenvalue weighted by molar-refractivity contribution is 5.94. The number of carbonyl (C=O) groups is 1. The van der Waals surface area contributed by atoms with Gasteiger partial charge in [0.2, 0.25) is 5.60 Å². The van der Waals surface area contributed by atoms with Crippen LogP contribution in [-0.4, -0.2) is 23.0 Å². The van der Waals surface area contributed by atoms with E-state index < -0.39 is 11.6 Å². The van der Waals surface area contributed by atoms with Crippen LogP contribution in [0.3, 0.4) is 0 Å². The van der Waals surface area contributed by atoms with Crippen molar-refractivity contribution in [3.05, 3.63) is 0 Å². The van der Waals surface area contributed by atoms with Crippen LogP contribution in [0.15, 0.2) is 10.3 Å². The van der Waals surface area contributed by atoms with Gasteiger partial charge in [-0.05, 0) is 49.9 Å². The summed E-state index contributed by atoms with van der Waals surface area (Å²) >= 11 is 0. The molecule has 0 spiro atoms. The number of nitrogens with zero attached hydrogens (tertiary/aromatic N) is 2. The fourth-order valence-corrected chi connectivity index (χ4v) is 3.10. The van der Waals surface area contributed by atoms with E-state index in [1.54, 1.807) is 6.92 Å². The first-order valence-corrected chi connectivity index (χ1v) is 8.64. The molecule has 0 amide bonds. The summed E-state index contributed by atoms with van der Waals surface area (Å²) in [7, 11) is 0. The second-order valence-electron chi connectivity index (χ2n) is 8.41. The minimum absolute atomic E-state index is 0.267. The Morgan fingerprint density at radius 2 is 1.96 bits per heavy atom. The lowest BCUT2D eigenvalue weighted by Gasteiger charge is -2.34. The molecule has 0 aromatic rings. The third-order valence-electron chi connectivity index (χ3n) is 5.03. The average Bonchev–Trinajstić information content (AvgIpc) is 2.88. The molecule has 0 bridgehead atoms. The van der Waals surface area contributed by atoms with Crippen LogP contribution >= 0.6 is 0 Å². The lowest BCUT2D eigenvalue weighted by molar-refractivity contribution is -0.167. The van der Waals surface area contributed by atoms with Gasteiger partial charge >= 0.3 is 5.97 Å². The van der Waals surface area contributed by atoms with E-state index in [-0.39, 0.29) is 5.92 Å². The van der Waals surface area contributed by atoms with Crippen LogP contribution in [0, 0.1) is 17.3 Å². The molecule has 0 aromatic heterocycles. The molecule has 1 fully saturated rings. The van der Waals surface area contributed by atoms with Gasteiger partial charge in [-0.2, -0.15) is 0 Å². The Labute approximate surface area is 139 Å². The zero-order valence-electron chi connectivity index (χ0n) is 15.3. The molecule has 1 aliphatic heterocycles. The van der Waals surface area contributed by atoms with Crippen molar-refractivity contribution in [2.75, 3.05) is 0 Å². The molecule has 1 unspecified atom stereocenters. The van der Waals surface area contributed by atoms with Crippen molar-refractivity contribution >= 4 is 17.4 Å². The summed E-state index contributed by atoms with van der Waals surface area (Å²) in [5.74, 6) is 0.515. The van der Waals surface area contributed by atoms with Gasteiger partial charge in [0.15, 0.2) is 0 Å². The van der Waals surface area contributed by atoms with E-state index in [4.69, 9.17) is 9.68 Å². The van der Waals surface area contributed by atoms with Gasteiger partial charge in [0.05, 0.1) is 11.4 Å². The molecule has 5 nitrogen and oxygen atoms in total. The standard InChI is InChI=1S/C18H30N2O3/c1-12(2)15-11-18(6,23-20-15)16(21)22-19-14-9-7-13(8-10-14)17(3,4)5/h12-13H,7-11H2,1-6H3. The molecule has 0 saturated heterocycles. The molecule has 130 valence electrons.